The van der Waals surface area contributed by atoms with Gasteiger partial charge in [-0.3, -0.25) is 9.69 Å². The maximum Gasteiger partial charge on any atom is 0.413 e. The number of carbonyl (C=O) groups is 1. The van der Waals surface area contributed by atoms with Crippen molar-refractivity contribution in [1.82, 2.24) is 0 Å². The molecule has 0 aliphatic carbocycles. The van der Waals surface area contributed by atoms with Gasteiger partial charge < -0.3 is 15.3 Å². The lowest BCUT2D eigenvalue weighted by molar-refractivity contribution is -0.149. The third kappa shape index (κ3) is 4.43. The predicted molar refractivity (Wildman–Crippen MR) is 99.9 cm³/mol. The Labute approximate surface area is 163 Å². The van der Waals surface area contributed by atoms with Crippen LogP contribution in [-0.4, -0.2) is 27.4 Å². The smallest absolute Gasteiger partial charge is 0.413 e. The normalized spacial score (nSPS) is 12.4. The van der Waals surface area contributed by atoms with E-state index in [1.54, 1.807) is 0 Å². The van der Waals surface area contributed by atoms with Gasteiger partial charge >= 0.3 is 6.18 Å². The Morgan fingerprint density at radius 2 is 1.34 bits per heavy atom. The minimum Gasteiger partial charge on any atom is -0.508 e. The number of benzene rings is 3. The van der Waals surface area contributed by atoms with Crippen LogP contribution in [0.15, 0.2) is 72.8 Å². The Kier molecular flexibility index (Phi) is 5.36. The van der Waals surface area contributed by atoms with E-state index in [2.05, 4.69) is 0 Å². The monoisotopic (exact) mass is 403 g/mol. The molecule has 29 heavy (non-hydrogen) atoms. The highest BCUT2D eigenvalue weighted by molar-refractivity contribution is 6.06. The van der Waals surface area contributed by atoms with E-state index in [1.807, 2.05) is 0 Å². The molecule has 0 fully saturated rings. The first kappa shape index (κ1) is 20.1. The number of carbonyl (C=O) groups excluding carboxylic acids is 1. The number of phenolic OH excluding ortho intramolecular Hbond substituents is 3. The quantitative estimate of drug-likeness (QED) is 0.587. The number of phenols is 3. The third-order valence-electron chi connectivity index (χ3n) is 4.22. The fourth-order valence-corrected chi connectivity index (χ4v) is 2.92. The van der Waals surface area contributed by atoms with Gasteiger partial charge in [-0.05, 0) is 66.2 Å². The number of anilines is 1. The van der Waals surface area contributed by atoms with Gasteiger partial charge in [0.2, 0.25) is 0 Å². The largest absolute Gasteiger partial charge is 0.508 e. The summed E-state index contributed by atoms with van der Waals surface area (Å²) in [6.07, 6.45) is -4.88. The van der Waals surface area contributed by atoms with Crippen LogP contribution in [0.5, 0.6) is 17.2 Å². The van der Waals surface area contributed by atoms with E-state index in [0.29, 0.717) is 4.90 Å². The molecule has 0 radical (unpaired) electrons. The second-order valence-electron chi connectivity index (χ2n) is 6.28. The molecule has 3 aromatic rings. The summed E-state index contributed by atoms with van der Waals surface area (Å²) in [5.74, 6) is -1.66. The average Bonchev–Trinajstić information content (AvgIpc) is 2.66. The van der Waals surface area contributed by atoms with E-state index >= 15 is 0 Å². The summed E-state index contributed by atoms with van der Waals surface area (Å²) in [6.45, 7) is 0. The van der Waals surface area contributed by atoms with E-state index < -0.39 is 18.1 Å². The van der Waals surface area contributed by atoms with Crippen LogP contribution >= 0.6 is 0 Å². The maximum absolute atomic E-state index is 14.1. The van der Waals surface area contributed by atoms with E-state index in [0.717, 1.165) is 12.1 Å². The number of amides is 1. The maximum atomic E-state index is 14.1. The molecule has 0 heterocycles. The van der Waals surface area contributed by atoms with E-state index in [9.17, 15) is 33.3 Å². The zero-order valence-electron chi connectivity index (χ0n) is 14.8. The van der Waals surface area contributed by atoms with Gasteiger partial charge in [0.15, 0.2) is 6.04 Å². The summed E-state index contributed by atoms with van der Waals surface area (Å²) in [6, 6.07) is 11.7. The molecular formula is C21H16F3NO4. The van der Waals surface area contributed by atoms with Crippen molar-refractivity contribution in [2.24, 2.45) is 0 Å². The van der Waals surface area contributed by atoms with Crippen molar-refractivity contribution in [3.05, 3.63) is 83.9 Å². The number of aromatic hydroxyl groups is 3. The summed E-state index contributed by atoms with van der Waals surface area (Å²) in [5.41, 5.74) is -0.519. The Balaban J connectivity index is 2.19. The molecular weight excluding hydrogens is 387 g/mol. The number of hydrogen-bond acceptors (Lipinski definition) is 4. The highest BCUT2D eigenvalue weighted by atomic mass is 19.4. The van der Waals surface area contributed by atoms with Crippen molar-refractivity contribution in [3.8, 4) is 17.2 Å². The van der Waals surface area contributed by atoms with Gasteiger partial charge in [0, 0.05) is 11.3 Å². The molecule has 0 saturated heterocycles. The van der Waals surface area contributed by atoms with Gasteiger partial charge in [0.25, 0.3) is 5.91 Å². The summed E-state index contributed by atoms with van der Waals surface area (Å²) in [4.78, 5) is 13.6. The van der Waals surface area contributed by atoms with Crippen molar-refractivity contribution < 1.29 is 33.3 Å². The van der Waals surface area contributed by atoms with Gasteiger partial charge in [0.05, 0.1) is 0 Å². The summed E-state index contributed by atoms with van der Waals surface area (Å²) in [7, 11) is 0. The molecule has 5 nitrogen and oxygen atoms in total. The number of nitrogens with zero attached hydrogens (tertiary/aromatic N) is 1. The average molecular weight is 403 g/mol. The molecule has 1 unspecified atom stereocenters. The molecule has 0 saturated carbocycles. The number of hydrogen-bond donors (Lipinski definition) is 3. The lowest BCUT2D eigenvalue weighted by atomic mass is 10.0. The van der Waals surface area contributed by atoms with E-state index in [4.69, 9.17) is 0 Å². The van der Waals surface area contributed by atoms with Crippen LogP contribution in [0, 0.1) is 0 Å². The lowest BCUT2D eigenvalue weighted by Gasteiger charge is -2.33. The van der Waals surface area contributed by atoms with Gasteiger partial charge in [-0.15, -0.1) is 0 Å². The second kappa shape index (κ2) is 7.75. The highest BCUT2D eigenvalue weighted by Crippen LogP contribution is 2.42. The van der Waals surface area contributed by atoms with Gasteiger partial charge in [-0.1, -0.05) is 12.1 Å². The standard InChI is InChI=1S/C21H16F3NO4/c22-21(23,24)19(14-2-1-3-18(28)12-14)25(15-6-10-17(27)11-7-15)20(29)13-4-8-16(26)9-5-13/h1-12,19,26-28H. The SMILES string of the molecule is O=C(c1ccc(O)cc1)N(c1ccc(O)cc1)C(c1cccc(O)c1)C(F)(F)F. The molecule has 0 bridgehead atoms. The van der Waals surface area contributed by atoms with Crippen molar-refractivity contribution >= 4 is 11.6 Å². The number of rotatable bonds is 4. The Bertz CT molecular complexity index is 1000. The Morgan fingerprint density at radius 1 is 0.793 bits per heavy atom. The molecule has 150 valence electrons. The zero-order valence-corrected chi connectivity index (χ0v) is 14.8. The molecule has 0 aliphatic heterocycles. The molecule has 3 N–H and O–H groups in total. The Hall–Kier alpha value is -3.68. The van der Waals surface area contributed by atoms with E-state index in [1.165, 1.54) is 60.7 Å². The minimum absolute atomic E-state index is 0.0784. The molecule has 0 spiro atoms. The fourth-order valence-electron chi connectivity index (χ4n) is 2.92. The molecule has 3 rings (SSSR count). The zero-order chi connectivity index (χ0) is 21.2. The Morgan fingerprint density at radius 3 is 1.86 bits per heavy atom. The first-order chi connectivity index (χ1) is 13.7. The van der Waals surface area contributed by atoms with Crippen LogP contribution in [0.25, 0.3) is 0 Å². The van der Waals surface area contributed by atoms with Crippen molar-refractivity contribution in [3.63, 3.8) is 0 Å². The molecule has 1 atom stereocenters. The van der Waals surface area contributed by atoms with Crippen molar-refractivity contribution in [2.75, 3.05) is 4.90 Å². The van der Waals surface area contributed by atoms with Crippen LogP contribution in [0.4, 0.5) is 18.9 Å². The van der Waals surface area contributed by atoms with Crippen molar-refractivity contribution in [2.45, 2.75) is 12.2 Å². The summed E-state index contributed by atoms with van der Waals surface area (Å²) >= 11 is 0. The van der Waals surface area contributed by atoms with Crippen LogP contribution in [0.1, 0.15) is 22.0 Å². The molecule has 0 aromatic heterocycles. The van der Waals surface area contributed by atoms with Gasteiger partial charge in [-0.2, -0.15) is 13.2 Å². The summed E-state index contributed by atoms with van der Waals surface area (Å²) in [5, 5.41) is 28.6. The topological polar surface area (TPSA) is 81.0 Å². The third-order valence-corrected chi connectivity index (χ3v) is 4.22. The van der Waals surface area contributed by atoms with Crippen LogP contribution in [0.3, 0.4) is 0 Å². The van der Waals surface area contributed by atoms with Gasteiger partial charge in [0.1, 0.15) is 17.2 Å². The van der Waals surface area contributed by atoms with Crippen LogP contribution in [0.2, 0.25) is 0 Å². The van der Waals surface area contributed by atoms with E-state index in [-0.39, 0.29) is 34.1 Å². The van der Waals surface area contributed by atoms with Gasteiger partial charge in [-0.25, -0.2) is 0 Å². The number of alkyl halides is 3. The lowest BCUT2D eigenvalue weighted by Crippen LogP contribution is -2.42. The molecule has 8 heteroatoms. The fraction of sp³-hybridized carbons (Fsp3) is 0.0952. The van der Waals surface area contributed by atoms with Crippen LogP contribution < -0.4 is 4.90 Å². The first-order valence-electron chi connectivity index (χ1n) is 8.44. The highest BCUT2D eigenvalue weighted by Gasteiger charge is 2.47. The number of halogens is 3. The molecule has 3 aromatic carbocycles. The minimum atomic E-state index is -4.88. The second-order valence-corrected chi connectivity index (χ2v) is 6.28. The predicted octanol–water partition coefficient (Wildman–Crippen LogP) is 4.75. The molecule has 0 aliphatic rings. The summed E-state index contributed by atoms with van der Waals surface area (Å²) < 4.78 is 42.4. The van der Waals surface area contributed by atoms with Crippen LogP contribution in [-0.2, 0) is 0 Å². The molecule has 1 amide bonds. The first-order valence-corrected chi connectivity index (χ1v) is 8.44. The van der Waals surface area contributed by atoms with Crippen molar-refractivity contribution in [1.29, 1.82) is 0 Å².